The molecule has 7 rings (SSSR count). The molecule has 0 bridgehead atoms. The van der Waals surface area contributed by atoms with Crippen molar-refractivity contribution in [1.29, 1.82) is 0 Å². The van der Waals surface area contributed by atoms with Crippen LogP contribution in [0.4, 0.5) is 11.5 Å². The van der Waals surface area contributed by atoms with Crippen LogP contribution < -0.4 is 16.4 Å². The second-order valence-electron chi connectivity index (χ2n) is 11.1. The third-order valence-corrected chi connectivity index (χ3v) is 10.1. The number of nitrogen functional groups attached to an aromatic ring is 1. The highest BCUT2D eigenvalue weighted by Crippen LogP contribution is 2.42. The lowest BCUT2D eigenvalue weighted by Gasteiger charge is -2.42. The summed E-state index contributed by atoms with van der Waals surface area (Å²) in [5.74, 6) is 1.87. The maximum atomic E-state index is 10.0. The molecule has 2 aromatic carbocycles. The first-order chi connectivity index (χ1) is 19.8. The molecule has 6 N–H and O–H groups in total. The van der Waals surface area contributed by atoms with Crippen molar-refractivity contribution in [1.82, 2.24) is 19.5 Å². The van der Waals surface area contributed by atoms with E-state index in [4.69, 9.17) is 21.4 Å². The molecule has 0 unspecified atom stereocenters. The SMILES string of the molecule is Nc1ncccc1-c1nc2ccc(-c3cccc(N4CCS(O)(O)CC4)c3)nc2n1-c1ccc(C2(N)CCC2)cc1. The summed E-state index contributed by atoms with van der Waals surface area (Å²) in [5, 5.41) is 0. The fraction of sp³-hybridized carbons (Fsp3) is 0.258. The van der Waals surface area contributed by atoms with Gasteiger partial charge in [-0.25, -0.2) is 15.0 Å². The quantitative estimate of drug-likeness (QED) is 0.214. The zero-order chi connectivity index (χ0) is 28.2. The van der Waals surface area contributed by atoms with Gasteiger partial charge in [0, 0.05) is 41.8 Å². The number of hydrogen-bond donors (Lipinski definition) is 4. The van der Waals surface area contributed by atoms with Gasteiger partial charge in [-0.2, -0.15) is 10.6 Å². The monoisotopic (exact) mass is 567 g/mol. The number of aromatic nitrogens is 4. The van der Waals surface area contributed by atoms with Gasteiger partial charge in [0.2, 0.25) is 0 Å². The first-order valence-corrected chi connectivity index (χ1v) is 15.8. The highest BCUT2D eigenvalue weighted by atomic mass is 32.3. The van der Waals surface area contributed by atoms with Crippen molar-refractivity contribution in [2.24, 2.45) is 5.73 Å². The Kier molecular flexibility index (Phi) is 6.24. The lowest BCUT2D eigenvalue weighted by Crippen LogP contribution is -2.43. The predicted octanol–water partition coefficient (Wildman–Crippen LogP) is 5.64. The standard InChI is InChI=1S/C31H33N7O2S/c32-28-25(6-2-15-34-28)29-36-27-12-11-26(21-4-1-5-24(20-21)37-16-18-41(39,40)19-17-37)35-30(27)38(29)23-9-7-22(8-10-23)31(33)13-3-14-31/h1-2,4-12,15,20,39-40H,3,13-14,16-19,33H2,(H2,32,34). The summed E-state index contributed by atoms with van der Waals surface area (Å²) in [6, 6.07) is 24.4. The minimum atomic E-state index is -2.46. The first kappa shape index (κ1) is 26.0. The van der Waals surface area contributed by atoms with Crippen molar-refractivity contribution in [2.75, 3.05) is 35.2 Å². The van der Waals surface area contributed by atoms with E-state index >= 15 is 0 Å². The van der Waals surface area contributed by atoms with Crippen molar-refractivity contribution in [3.63, 3.8) is 0 Å². The van der Waals surface area contributed by atoms with E-state index in [0.29, 0.717) is 36.2 Å². The number of imidazole rings is 1. The van der Waals surface area contributed by atoms with E-state index in [1.54, 1.807) is 6.20 Å². The average Bonchev–Trinajstić information content (AvgIpc) is 3.35. The molecule has 1 aliphatic carbocycles. The normalized spacial score (nSPS) is 18.7. The largest absolute Gasteiger partial charge is 0.383 e. The average molecular weight is 568 g/mol. The van der Waals surface area contributed by atoms with Crippen molar-refractivity contribution >= 4 is 33.3 Å². The van der Waals surface area contributed by atoms with E-state index < -0.39 is 10.6 Å². The van der Waals surface area contributed by atoms with Crippen LogP contribution in [-0.2, 0) is 5.54 Å². The molecule has 1 saturated carbocycles. The van der Waals surface area contributed by atoms with Crippen LogP contribution in [0.25, 0.3) is 39.5 Å². The fourth-order valence-electron chi connectivity index (χ4n) is 5.79. The van der Waals surface area contributed by atoms with E-state index in [2.05, 4.69) is 46.3 Å². The molecule has 1 aliphatic heterocycles. The van der Waals surface area contributed by atoms with E-state index in [0.717, 1.165) is 64.2 Å². The summed E-state index contributed by atoms with van der Waals surface area (Å²) < 4.78 is 22.1. The van der Waals surface area contributed by atoms with Gasteiger partial charge in [0.15, 0.2) is 11.5 Å². The third-order valence-electron chi connectivity index (χ3n) is 8.41. The van der Waals surface area contributed by atoms with Crippen LogP contribution in [-0.4, -0.2) is 53.2 Å². The van der Waals surface area contributed by atoms with Crippen molar-refractivity contribution in [3.8, 4) is 28.3 Å². The van der Waals surface area contributed by atoms with E-state index in [-0.39, 0.29) is 5.54 Å². The smallest absolute Gasteiger partial charge is 0.165 e. The molecule has 4 heterocycles. The molecular weight excluding hydrogens is 534 g/mol. The van der Waals surface area contributed by atoms with Crippen LogP contribution in [0.3, 0.4) is 0 Å². The molecule has 1 saturated heterocycles. The van der Waals surface area contributed by atoms with Gasteiger partial charge in [-0.05, 0) is 73.4 Å². The van der Waals surface area contributed by atoms with Gasteiger partial charge < -0.3 is 16.4 Å². The Bertz CT molecular complexity index is 1740. The number of nitrogens with zero attached hydrogens (tertiary/aromatic N) is 5. The van der Waals surface area contributed by atoms with Gasteiger partial charge in [-0.3, -0.25) is 13.7 Å². The summed E-state index contributed by atoms with van der Waals surface area (Å²) in [6.07, 6.45) is 4.84. The van der Waals surface area contributed by atoms with Gasteiger partial charge in [0.25, 0.3) is 0 Å². The number of rotatable bonds is 5. The Morgan fingerprint density at radius 1 is 0.854 bits per heavy atom. The van der Waals surface area contributed by atoms with Crippen molar-refractivity contribution in [2.45, 2.75) is 24.8 Å². The Morgan fingerprint density at radius 3 is 2.34 bits per heavy atom. The fourth-order valence-corrected chi connectivity index (χ4v) is 7.02. The van der Waals surface area contributed by atoms with Crippen LogP contribution in [0.1, 0.15) is 24.8 Å². The Morgan fingerprint density at radius 2 is 1.63 bits per heavy atom. The van der Waals surface area contributed by atoms with Crippen LogP contribution in [0.5, 0.6) is 0 Å². The summed E-state index contributed by atoms with van der Waals surface area (Å²) in [7, 11) is -2.46. The van der Waals surface area contributed by atoms with Crippen LogP contribution in [0.15, 0.2) is 79.0 Å². The third kappa shape index (κ3) is 4.72. The first-order valence-electron chi connectivity index (χ1n) is 13.9. The molecule has 210 valence electrons. The molecule has 2 aliphatic rings. The molecule has 0 amide bonds. The molecule has 0 atom stereocenters. The molecule has 41 heavy (non-hydrogen) atoms. The van der Waals surface area contributed by atoms with Crippen LogP contribution in [0, 0.1) is 0 Å². The Hall–Kier alpha value is -3.96. The molecule has 2 fully saturated rings. The number of pyridine rings is 2. The minimum Gasteiger partial charge on any atom is -0.383 e. The maximum absolute atomic E-state index is 10.0. The molecule has 5 aromatic rings. The highest BCUT2D eigenvalue weighted by molar-refractivity contribution is 8.24. The highest BCUT2D eigenvalue weighted by Gasteiger charge is 2.34. The van der Waals surface area contributed by atoms with Gasteiger partial charge in [-0.15, -0.1) is 0 Å². The Balaban J connectivity index is 1.33. The van der Waals surface area contributed by atoms with E-state index in [1.807, 2.05) is 41.0 Å². The topological polar surface area (TPSA) is 139 Å². The van der Waals surface area contributed by atoms with Gasteiger partial charge in [-0.1, -0.05) is 24.3 Å². The molecule has 3 aromatic heterocycles. The summed E-state index contributed by atoms with van der Waals surface area (Å²) >= 11 is 0. The number of nitrogens with two attached hydrogens (primary N) is 2. The van der Waals surface area contributed by atoms with Crippen LogP contribution >= 0.6 is 10.6 Å². The Labute approximate surface area is 240 Å². The summed E-state index contributed by atoms with van der Waals surface area (Å²) in [6.45, 7) is 1.22. The lowest BCUT2D eigenvalue weighted by molar-refractivity contribution is 0.253. The molecule has 0 spiro atoms. The van der Waals surface area contributed by atoms with Crippen molar-refractivity contribution in [3.05, 3.63) is 84.6 Å². The lowest BCUT2D eigenvalue weighted by atomic mass is 9.73. The second-order valence-corrected chi connectivity index (χ2v) is 13.5. The number of anilines is 2. The number of fused-ring (bicyclic) bond motifs is 1. The predicted molar refractivity (Wildman–Crippen MR) is 166 cm³/mol. The summed E-state index contributed by atoms with van der Waals surface area (Å²) in [5.41, 5.74) is 19.8. The van der Waals surface area contributed by atoms with Gasteiger partial charge in [0.05, 0.1) is 22.8 Å². The molecule has 0 radical (unpaired) electrons. The van der Waals surface area contributed by atoms with Crippen molar-refractivity contribution < 1.29 is 9.11 Å². The molecule has 10 heteroatoms. The molecular formula is C31H33N7O2S. The zero-order valence-electron chi connectivity index (χ0n) is 22.6. The van der Waals surface area contributed by atoms with E-state index in [9.17, 15) is 9.11 Å². The van der Waals surface area contributed by atoms with Gasteiger partial charge >= 0.3 is 0 Å². The second kappa shape index (κ2) is 9.85. The molecule has 9 nitrogen and oxygen atoms in total. The zero-order valence-corrected chi connectivity index (χ0v) is 23.5. The maximum Gasteiger partial charge on any atom is 0.165 e. The summed E-state index contributed by atoms with van der Waals surface area (Å²) in [4.78, 5) is 16.6. The van der Waals surface area contributed by atoms with Gasteiger partial charge in [0.1, 0.15) is 11.3 Å². The number of benzene rings is 2. The van der Waals surface area contributed by atoms with Crippen LogP contribution in [0.2, 0.25) is 0 Å². The minimum absolute atomic E-state index is 0.242. The van der Waals surface area contributed by atoms with E-state index in [1.165, 1.54) is 0 Å². The number of hydrogen-bond acceptors (Lipinski definition) is 8.